The molecule has 6 heteroatoms. The van der Waals surface area contributed by atoms with Gasteiger partial charge in [0.15, 0.2) is 17.8 Å². The van der Waals surface area contributed by atoms with E-state index >= 15 is 0 Å². The zero-order valence-electron chi connectivity index (χ0n) is 15.5. The van der Waals surface area contributed by atoms with Crippen LogP contribution < -0.4 is 0 Å². The first kappa shape index (κ1) is 16.4. The normalized spacial score (nSPS) is 11.2. The van der Waals surface area contributed by atoms with Crippen LogP contribution >= 0.6 is 0 Å². The first-order valence-corrected chi connectivity index (χ1v) is 9.00. The van der Waals surface area contributed by atoms with Crippen LogP contribution in [0.1, 0.15) is 11.1 Å². The highest BCUT2D eigenvalue weighted by molar-refractivity contribution is 5.78. The van der Waals surface area contributed by atoms with Crippen molar-refractivity contribution in [2.24, 2.45) is 0 Å². The van der Waals surface area contributed by atoms with Crippen LogP contribution in [0.5, 0.6) is 0 Å². The third kappa shape index (κ3) is 2.66. The summed E-state index contributed by atoms with van der Waals surface area (Å²) in [6.07, 6.45) is 1.44. The molecule has 0 amide bonds. The number of benzene rings is 3. The van der Waals surface area contributed by atoms with E-state index in [1.165, 1.54) is 17.5 Å². The third-order valence-electron chi connectivity index (χ3n) is 4.87. The van der Waals surface area contributed by atoms with E-state index in [0.717, 1.165) is 27.9 Å². The summed E-state index contributed by atoms with van der Waals surface area (Å²) < 4.78 is 7.21. The van der Waals surface area contributed by atoms with E-state index in [1.54, 1.807) is 4.68 Å². The van der Waals surface area contributed by atoms with E-state index < -0.39 is 0 Å². The van der Waals surface area contributed by atoms with Gasteiger partial charge in [0.25, 0.3) is 0 Å². The average molecular weight is 367 g/mol. The molecule has 0 spiro atoms. The minimum absolute atomic E-state index is 0.664. The minimum Gasteiger partial charge on any atom is -0.443 e. The summed E-state index contributed by atoms with van der Waals surface area (Å²) in [5, 5.41) is 12.4. The number of nitrogens with zero attached hydrogens (tertiary/aromatic N) is 5. The zero-order chi connectivity index (χ0) is 19.1. The summed E-state index contributed by atoms with van der Waals surface area (Å²) in [7, 11) is 0. The molecular weight excluding hydrogens is 350 g/mol. The molecule has 0 aliphatic heterocycles. The fourth-order valence-electron chi connectivity index (χ4n) is 3.60. The lowest BCUT2D eigenvalue weighted by Gasteiger charge is -2.14. The Morgan fingerprint density at radius 1 is 0.821 bits per heavy atom. The number of rotatable bonds is 3. The van der Waals surface area contributed by atoms with Crippen molar-refractivity contribution < 1.29 is 4.42 Å². The third-order valence-corrected chi connectivity index (χ3v) is 4.87. The molecule has 0 aliphatic rings. The maximum absolute atomic E-state index is 5.43. The molecular formula is C22H17N5O. The summed E-state index contributed by atoms with van der Waals surface area (Å²) in [6, 6.07) is 20.5. The molecule has 0 aliphatic carbocycles. The Hall–Kier alpha value is -3.80. The number of tetrazole rings is 1. The second-order valence-corrected chi connectivity index (χ2v) is 6.77. The van der Waals surface area contributed by atoms with Gasteiger partial charge in [-0.1, -0.05) is 30.3 Å². The Balaban J connectivity index is 1.64. The number of oxazole rings is 1. The Bertz CT molecular complexity index is 1260. The Morgan fingerprint density at radius 2 is 1.61 bits per heavy atom. The first-order valence-electron chi connectivity index (χ1n) is 9.00. The van der Waals surface area contributed by atoms with Gasteiger partial charge in [-0.15, -0.1) is 5.10 Å². The molecule has 0 unspecified atom stereocenters. The first-order chi connectivity index (χ1) is 13.7. The largest absolute Gasteiger partial charge is 0.443 e. The van der Waals surface area contributed by atoms with Crippen LogP contribution in [0.4, 0.5) is 0 Å². The van der Waals surface area contributed by atoms with Gasteiger partial charge in [-0.25, -0.2) is 4.98 Å². The monoisotopic (exact) mass is 367 g/mol. The molecule has 2 aromatic heterocycles. The van der Waals surface area contributed by atoms with Gasteiger partial charge in [-0.2, -0.15) is 4.68 Å². The maximum atomic E-state index is 5.43. The van der Waals surface area contributed by atoms with Crippen molar-refractivity contribution in [3.63, 3.8) is 0 Å². The summed E-state index contributed by atoms with van der Waals surface area (Å²) in [4.78, 5) is 4.16. The van der Waals surface area contributed by atoms with Gasteiger partial charge in [0, 0.05) is 5.56 Å². The standard InChI is InChI=1S/C22H17N5O/c1-14-10-18(16-6-4-3-5-7-16)11-15(2)21(14)27-22(24-25-26-27)17-8-9-19-20(12-17)28-13-23-19/h3-13H,1-2H3. The van der Waals surface area contributed by atoms with Crippen molar-refractivity contribution in [1.29, 1.82) is 0 Å². The molecule has 136 valence electrons. The van der Waals surface area contributed by atoms with Gasteiger partial charge in [0.2, 0.25) is 0 Å². The molecule has 0 bridgehead atoms. The van der Waals surface area contributed by atoms with Crippen molar-refractivity contribution in [3.05, 3.63) is 78.2 Å². The van der Waals surface area contributed by atoms with Crippen LogP contribution in [-0.4, -0.2) is 25.2 Å². The van der Waals surface area contributed by atoms with Gasteiger partial charge in [0.05, 0.1) is 5.69 Å². The van der Waals surface area contributed by atoms with Crippen LogP contribution in [0, 0.1) is 13.8 Å². The molecule has 0 radical (unpaired) electrons. The highest BCUT2D eigenvalue weighted by Gasteiger charge is 2.16. The van der Waals surface area contributed by atoms with E-state index in [9.17, 15) is 0 Å². The van der Waals surface area contributed by atoms with Crippen LogP contribution in [0.25, 0.3) is 39.3 Å². The second-order valence-electron chi connectivity index (χ2n) is 6.77. The van der Waals surface area contributed by atoms with Crippen LogP contribution in [0.15, 0.2) is 71.5 Å². The fourth-order valence-corrected chi connectivity index (χ4v) is 3.60. The number of aromatic nitrogens is 5. The van der Waals surface area contributed by atoms with E-state index in [2.05, 4.69) is 58.6 Å². The lowest BCUT2D eigenvalue weighted by atomic mass is 9.99. The van der Waals surface area contributed by atoms with Crippen molar-refractivity contribution in [2.75, 3.05) is 0 Å². The molecule has 0 fully saturated rings. The highest BCUT2D eigenvalue weighted by Crippen LogP contribution is 2.30. The number of aryl methyl sites for hydroxylation is 2. The molecule has 6 nitrogen and oxygen atoms in total. The van der Waals surface area contributed by atoms with E-state index in [4.69, 9.17) is 4.42 Å². The van der Waals surface area contributed by atoms with Gasteiger partial charge >= 0.3 is 0 Å². The SMILES string of the molecule is Cc1cc(-c2ccccc2)cc(C)c1-n1nnnc1-c1ccc2ncoc2c1. The molecule has 28 heavy (non-hydrogen) atoms. The molecule has 3 aromatic carbocycles. The Labute approximate surface area is 161 Å². The van der Waals surface area contributed by atoms with Crippen LogP contribution in [0.3, 0.4) is 0 Å². The van der Waals surface area contributed by atoms with Gasteiger partial charge in [0.1, 0.15) is 5.52 Å². The van der Waals surface area contributed by atoms with Crippen LogP contribution in [0.2, 0.25) is 0 Å². The lowest BCUT2D eigenvalue weighted by molar-refractivity contribution is 0.602. The predicted molar refractivity (Wildman–Crippen MR) is 107 cm³/mol. The Kier molecular flexibility index (Phi) is 3.76. The summed E-state index contributed by atoms with van der Waals surface area (Å²) in [6.45, 7) is 4.17. The van der Waals surface area contributed by atoms with Crippen molar-refractivity contribution in [2.45, 2.75) is 13.8 Å². The van der Waals surface area contributed by atoms with Gasteiger partial charge < -0.3 is 4.42 Å². The molecule has 5 aromatic rings. The molecule has 0 N–H and O–H groups in total. The molecule has 0 saturated heterocycles. The maximum Gasteiger partial charge on any atom is 0.187 e. The van der Waals surface area contributed by atoms with E-state index in [-0.39, 0.29) is 0 Å². The average Bonchev–Trinajstić information content (AvgIpc) is 3.37. The van der Waals surface area contributed by atoms with Crippen molar-refractivity contribution in [3.8, 4) is 28.2 Å². The quantitative estimate of drug-likeness (QED) is 0.460. The number of hydrogen-bond acceptors (Lipinski definition) is 5. The molecule has 0 saturated carbocycles. The number of hydrogen-bond donors (Lipinski definition) is 0. The fraction of sp³-hybridized carbons (Fsp3) is 0.0909. The minimum atomic E-state index is 0.664. The lowest BCUT2D eigenvalue weighted by Crippen LogP contribution is -2.05. The summed E-state index contributed by atoms with van der Waals surface area (Å²) in [5.41, 5.74) is 7.95. The van der Waals surface area contributed by atoms with Gasteiger partial charge in [-0.3, -0.25) is 0 Å². The molecule has 2 heterocycles. The molecule has 0 atom stereocenters. The van der Waals surface area contributed by atoms with Crippen molar-refractivity contribution >= 4 is 11.1 Å². The topological polar surface area (TPSA) is 69.6 Å². The zero-order valence-corrected chi connectivity index (χ0v) is 15.5. The Morgan fingerprint density at radius 3 is 2.39 bits per heavy atom. The molecule has 5 rings (SSSR count). The second kappa shape index (κ2) is 6.42. The van der Waals surface area contributed by atoms with Crippen LogP contribution in [-0.2, 0) is 0 Å². The van der Waals surface area contributed by atoms with Gasteiger partial charge in [-0.05, 0) is 76.9 Å². The smallest absolute Gasteiger partial charge is 0.187 e. The van der Waals surface area contributed by atoms with Crippen molar-refractivity contribution in [1.82, 2.24) is 25.2 Å². The van der Waals surface area contributed by atoms with E-state index in [1.807, 2.05) is 36.4 Å². The predicted octanol–water partition coefficient (Wildman–Crippen LogP) is 4.75. The number of fused-ring (bicyclic) bond motifs is 1. The summed E-state index contributed by atoms with van der Waals surface area (Å²) >= 11 is 0. The highest BCUT2D eigenvalue weighted by atomic mass is 16.3. The summed E-state index contributed by atoms with van der Waals surface area (Å²) in [5.74, 6) is 0.664. The van der Waals surface area contributed by atoms with E-state index in [0.29, 0.717) is 11.4 Å².